The topological polar surface area (TPSA) is 237 Å². The van der Waals surface area contributed by atoms with Crippen LogP contribution in [-0.4, -0.2) is 64.8 Å². The van der Waals surface area contributed by atoms with Crippen molar-refractivity contribution in [3.8, 4) is 0 Å². The molecule has 0 fully saturated rings. The fourth-order valence-electron chi connectivity index (χ4n) is 2.32. The molecule has 30 heavy (non-hydrogen) atoms. The van der Waals surface area contributed by atoms with Crippen LogP contribution in [0.3, 0.4) is 0 Å². The molecular weight excluding hydrogens is 400 g/mol. The van der Waals surface area contributed by atoms with E-state index in [2.05, 4.69) is 16.0 Å². The third-order valence-electron chi connectivity index (χ3n) is 4.32. The number of rotatable bonds is 13. The van der Waals surface area contributed by atoms with E-state index in [1.165, 1.54) is 6.92 Å². The number of nitrogens with one attached hydrogen (secondary N) is 3. The smallest absolute Gasteiger partial charge is 0.325 e. The van der Waals surface area contributed by atoms with E-state index in [0.717, 1.165) is 0 Å². The van der Waals surface area contributed by atoms with Gasteiger partial charge in [-0.3, -0.25) is 28.8 Å². The number of amides is 5. The molecule has 0 aromatic rings. The lowest BCUT2D eigenvalue weighted by Gasteiger charge is -2.27. The molecule has 0 aromatic carbocycles. The molecule has 0 radical (unpaired) electrons. The van der Waals surface area contributed by atoms with Crippen LogP contribution in [0, 0.1) is 5.92 Å². The zero-order chi connectivity index (χ0) is 23.6. The Morgan fingerprint density at radius 3 is 1.80 bits per heavy atom. The lowest BCUT2D eigenvalue weighted by molar-refractivity contribution is -0.142. The van der Waals surface area contributed by atoms with E-state index in [1.807, 2.05) is 0 Å². The second-order valence-electron chi connectivity index (χ2n) is 6.95. The Bertz CT molecular complexity index is 684. The largest absolute Gasteiger partial charge is 0.480 e. The second kappa shape index (κ2) is 12.4. The van der Waals surface area contributed by atoms with Gasteiger partial charge >= 0.3 is 5.97 Å². The Hall–Kier alpha value is -3.22. The summed E-state index contributed by atoms with van der Waals surface area (Å²) in [6, 6.07) is -5.16. The fourth-order valence-corrected chi connectivity index (χ4v) is 2.32. The van der Waals surface area contributed by atoms with Gasteiger partial charge in [-0.05, 0) is 12.8 Å². The van der Waals surface area contributed by atoms with E-state index in [0.29, 0.717) is 6.42 Å². The second-order valence-corrected chi connectivity index (χ2v) is 6.95. The van der Waals surface area contributed by atoms with E-state index < -0.39 is 78.4 Å². The molecule has 0 saturated carbocycles. The highest BCUT2D eigenvalue weighted by atomic mass is 16.4. The maximum atomic E-state index is 12.7. The molecule has 0 rings (SSSR count). The lowest BCUT2D eigenvalue weighted by Crippen LogP contribution is -2.59. The summed E-state index contributed by atoms with van der Waals surface area (Å²) in [4.78, 5) is 70.3. The van der Waals surface area contributed by atoms with Gasteiger partial charge in [-0.2, -0.15) is 0 Å². The van der Waals surface area contributed by atoms with Crippen molar-refractivity contribution in [1.82, 2.24) is 16.0 Å². The van der Waals surface area contributed by atoms with E-state index in [9.17, 15) is 28.8 Å². The monoisotopic (exact) mass is 430 g/mol. The quantitative estimate of drug-likeness (QED) is 0.155. The summed E-state index contributed by atoms with van der Waals surface area (Å²) in [5.41, 5.74) is 15.7. The third kappa shape index (κ3) is 9.32. The van der Waals surface area contributed by atoms with Crippen LogP contribution in [0.4, 0.5) is 0 Å². The van der Waals surface area contributed by atoms with Gasteiger partial charge in [0.25, 0.3) is 0 Å². The molecule has 0 aliphatic heterocycles. The van der Waals surface area contributed by atoms with E-state index in [4.69, 9.17) is 22.3 Å². The fraction of sp³-hybridized carbons (Fsp3) is 0.647. The third-order valence-corrected chi connectivity index (χ3v) is 4.32. The number of carbonyl (C=O) groups excluding carboxylic acids is 5. The van der Waals surface area contributed by atoms with E-state index >= 15 is 0 Å². The Labute approximate surface area is 173 Å². The Morgan fingerprint density at radius 1 is 0.833 bits per heavy atom. The lowest BCUT2D eigenvalue weighted by atomic mass is 9.97. The first-order valence-electron chi connectivity index (χ1n) is 9.26. The summed E-state index contributed by atoms with van der Waals surface area (Å²) >= 11 is 0. The van der Waals surface area contributed by atoms with E-state index in [1.54, 1.807) is 13.8 Å². The highest BCUT2D eigenvalue weighted by Crippen LogP contribution is 2.09. The summed E-state index contributed by atoms with van der Waals surface area (Å²) in [6.07, 6.45) is -0.571. The van der Waals surface area contributed by atoms with Crippen LogP contribution < -0.4 is 33.2 Å². The predicted octanol–water partition coefficient (Wildman–Crippen LogP) is -3.33. The summed E-state index contributed by atoms with van der Waals surface area (Å²) in [7, 11) is 0. The zero-order valence-electron chi connectivity index (χ0n) is 17.1. The number of nitrogens with two attached hydrogens (primary N) is 3. The van der Waals surface area contributed by atoms with Gasteiger partial charge in [-0.25, -0.2) is 0 Å². The highest BCUT2D eigenvalue weighted by molar-refractivity contribution is 5.96. The normalized spacial score (nSPS) is 15.6. The van der Waals surface area contributed by atoms with Crippen molar-refractivity contribution in [1.29, 1.82) is 0 Å². The number of carbonyl (C=O) groups is 6. The first-order chi connectivity index (χ1) is 13.8. The van der Waals surface area contributed by atoms with Crippen molar-refractivity contribution in [2.24, 2.45) is 23.1 Å². The number of aliphatic carboxylic acids is 1. The van der Waals surface area contributed by atoms with Crippen LogP contribution in [0.5, 0.6) is 0 Å². The molecule has 5 atom stereocenters. The van der Waals surface area contributed by atoms with Gasteiger partial charge in [0.15, 0.2) is 0 Å². The van der Waals surface area contributed by atoms with Crippen molar-refractivity contribution in [2.45, 2.75) is 64.2 Å². The van der Waals surface area contributed by atoms with Gasteiger partial charge in [-0.15, -0.1) is 0 Å². The Kier molecular flexibility index (Phi) is 11.0. The van der Waals surface area contributed by atoms with Crippen LogP contribution in [0.2, 0.25) is 0 Å². The molecule has 5 amide bonds. The number of hydrogen-bond acceptors (Lipinski definition) is 7. The van der Waals surface area contributed by atoms with Crippen molar-refractivity contribution in [2.75, 3.05) is 0 Å². The van der Waals surface area contributed by atoms with Crippen LogP contribution in [0.1, 0.15) is 40.0 Å². The average molecular weight is 430 g/mol. The van der Waals surface area contributed by atoms with Gasteiger partial charge in [0.1, 0.15) is 18.1 Å². The average Bonchev–Trinajstić information content (AvgIpc) is 2.63. The van der Waals surface area contributed by atoms with E-state index in [-0.39, 0.29) is 0 Å². The summed E-state index contributed by atoms with van der Waals surface area (Å²) in [5.74, 6) is -5.99. The summed E-state index contributed by atoms with van der Waals surface area (Å²) < 4.78 is 0. The first kappa shape index (κ1) is 26.8. The maximum absolute atomic E-state index is 12.7. The number of hydrogen-bond donors (Lipinski definition) is 7. The standard InChI is InChI=1S/C17H30N6O7/c1-4-7(2)13(23-14(26)9(18)5-11(19)24)16(28)22-10(6-12(20)25)15(27)21-8(3)17(29)30/h7-10,13H,4-6,18H2,1-3H3,(H2,19,24)(H2,20,25)(H,21,27)(H,22,28)(H,23,26)(H,29,30). The molecule has 0 aliphatic rings. The minimum atomic E-state index is -1.46. The van der Waals surface area contributed by atoms with Crippen LogP contribution >= 0.6 is 0 Å². The number of carboxylic acid groups (broad SMARTS) is 1. The number of primary amides is 2. The molecule has 13 nitrogen and oxygen atoms in total. The van der Waals surface area contributed by atoms with Gasteiger partial charge in [0.2, 0.25) is 29.5 Å². The van der Waals surface area contributed by atoms with Crippen molar-refractivity contribution in [3.05, 3.63) is 0 Å². The van der Waals surface area contributed by atoms with Gasteiger partial charge in [0.05, 0.1) is 18.9 Å². The van der Waals surface area contributed by atoms with Crippen LogP contribution in [-0.2, 0) is 28.8 Å². The molecule has 170 valence electrons. The Balaban J connectivity index is 5.44. The zero-order valence-corrected chi connectivity index (χ0v) is 17.1. The summed E-state index contributed by atoms with van der Waals surface area (Å²) in [6.45, 7) is 4.61. The van der Waals surface area contributed by atoms with Gasteiger partial charge in [0, 0.05) is 0 Å². The predicted molar refractivity (Wildman–Crippen MR) is 104 cm³/mol. The van der Waals surface area contributed by atoms with Crippen LogP contribution in [0.25, 0.3) is 0 Å². The molecule has 0 heterocycles. The van der Waals surface area contributed by atoms with Crippen molar-refractivity contribution >= 4 is 35.5 Å². The SMILES string of the molecule is CCC(C)C(NC(=O)C(N)CC(N)=O)C(=O)NC(CC(N)=O)C(=O)NC(C)C(=O)O. The van der Waals surface area contributed by atoms with Crippen LogP contribution in [0.15, 0.2) is 0 Å². The maximum Gasteiger partial charge on any atom is 0.325 e. The Morgan fingerprint density at radius 2 is 1.37 bits per heavy atom. The van der Waals surface area contributed by atoms with Gasteiger partial charge < -0.3 is 38.3 Å². The molecule has 0 bridgehead atoms. The minimum absolute atomic E-state index is 0.412. The molecule has 10 N–H and O–H groups in total. The first-order valence-corrected chi connectivity index (χ1v) is 9.26. The molecule has 5 unspecified atom stereocenters. The number of carboxylic acids is 1. The molecule has 13 heteroatoms. The minimum Gasteiger partial charge on any atom is -0.480 e. The molecule has 0 spiro atoms. The summed E-state index contributed by atoms with van der Waals surface area (Å²) in [5, 5.41) is 15.7. The molecule has 0 saturated heterocycles. The molecule has 0 aliphatic carbocycles. The van der Waals surface area contributed by atoms with Gasteiger partial charge in [-0.1, -0.05) is 20.3 Å². The molecule has 0 aromatic heterocycles. The molecular formula is C17H30N6O7. The van der Waals surface area contributed by atoms with Crippen molar-refractivity contribution in [3.63, 3.8) is 0 Å². The highest BCUT2D eigenvalue weighted by Gasteiger charge is 2.32. The van der Waals surface area contributed by atoms with Crippen molar-refractivity contribution < 1.29 is 33.9 Å².